The van der Waals surface area contributed by atoms with Crippen molar-refractivity contribution in [3.63, 3.8) is 0 Å². The molecule has 0 bridgehead atoms. The molecule has 0 spiro atoms. The minimum atomic E-state index is -0.0330. The predicted octanol–water partition coefficient (Wildman–Crippen LogP) is 2.41. The zero-order valence-corrected chi connectivity index (χ0v) is 12.1. The minimum Gasteiger partial charge on any atom is -0.397 e. The molecule has 1 saturated carbocycles. The Morgan fingerprint density at radius 1 is 1.50 bits per heavy atom. The minimum absolute atomic E-state index is 0.0330. The molecule has 0 aliphatic heterocycles. The summed E-state index contributed by atoms with van der Waals surface area (Å²) >= 11 is 1.51. The summed E-state index contributed by atoms with van der Waals surface area (Å²) in [6.07, 6.45) is 3.32. The van der Waals surface area contributed by atoms with Gasteiger partial charge in [-0.3, -0.25) is 4.79 Å². The number of hydrogen-bond acceptors (Lipinski definition) is 4. The van der Waals surface area contributed by atoms with Crippen molar-refractivity contribution >= 4 is 27.9 Å². The molecule has 5 heteroatoms. The van der Waals surface area contributed by atoms with E-state index in [0.29, 0.717) is 23.0 Å². The van der Waals surface area contributed by atoms with Gasteiger partial charge in [-0.2, -0.15) is 0 Å². The van der Waals surface area contributed by atoms with Crippen molar-refractivity contribution in [3.8, 4) is 0 Å². The lowest BCUT2D eigenvalue weighted by Crippen LogP contribution is -2.23. The molecule has 3 N–H and O–H groups in total. The third kappa shape index (κ3) is 2.46. The van der Waals surface area contributed by atoms with Gasteiger partial charge in [0.25, 0.3) is 5.91 Å². The van der Waals surface area contributed by atoms with Crippen molar-refractivity contribution in [2.45, 2.75) is 32.1 Å². The first-order valence-corrected chi connectivity index (χ1v) is 7.25. The summed E-state index contributed by atoms with van der Waals surface area (Å²) in [5.41, 5.74) is 8.06. The number of carbonyl (C=O) groups excluding carboxylic acids is 1. The van der Waals surface area contributed by atoms with Gasteiger partial charge in [-0.1, -0.05) is 6.92 Å². The Hall–Kier alpha value is -1.23. The van der Waals surface area contributed by atoms with E-state index in [9.17, 15) is 4.79 Å². The molecule has 100 valence electrons. The van der Waals surface area contributed by atoms with E-state index >= 15 is 0 Å². The first-order valence-electron chi connectivity index (χ1n) is 6.43. The third-order valence-corrected chi connectivity index (χ3v) is 4.49. The van der Waals surface area contributed by atoms with Gasteiger partial charge < -0.3 is 16.0 Å². The zero-order valence-electron chi connectivity index (χ0n) is 11.2. The molecule has 0 saturated heterocycles. The fraction of sp³-hybridized carbons (Fsp3) is 0.615. The second-order valence-corrected chi connectivity index (χ2v) is 5.99. The van der Waals surface area contributed by atoms with Crippen LogP contribution < -0.4 is 16.0 Å². The van der Waals surface area contributed by atoms with Gasteiger partial charge in [-0.15, -0.1) is 11.3 Å². The number of thiophene rings is 1. The summed E-state index contributed by atoms with van der Waals surface area (Å²) in [7, 11) is 4.01. The van der Waals surface area contributed by atoms with Gasteiger partial charge in [0.2, 0.25) is 0 Å². The van der Waals surface area contributed by atoms with Crippen LogP contribution in [0.2, 0.25) is 0 Å². The number of amides is 1. The zero-order chi connectivity index (χ0) is 13.3. The van der Waals surface area contributed by atoms with Gasteiger partial charge in [-0.05, 0) is 25.2 Å². The molecule has 4 nitrogen and oxygen atoms in total. The summed E-state index contributed by atoms with van der Waals surface area (Å²) < 4.78 is 0. The number of nitrogen functional groups attached to an aromatic ring is 1. The van der Waals surface area contributed by atoms with E-state index in [1.54, 1.807) is 0 Å². The average molecular weight is 267 g/mol. The number of anilines is 2. The van der Waals surface area contributed by atoms with Crippen LogP contribution in [0, 0.1) is 0 Å². The normalized spacial score (nSPS) is 14.6. The smallest absolute Gasteiger partial charge is 0.263 e. The summed E-state index contributed by atoms with van der Waals surface area (Å²) in [5.74, 6) is 0.528. The van der Waals surface area contributed by atoms with Crippen LogP contribution in [0.5, 0.6) is 0 Å². The predicted molar refractivity (Wildman–Crippen MR) is 77.7 cm³/mol. The number of nitrogens with zero attached hydrogens (tertiary/aromatic N) is 1. The van der Waals surface area contributed by atoms with E-state index in [0.717, 1.165) is 11.4 Å². The van der Waals surface area contributed by atoms with Crippen molar-refractivity contribution in [1.29, 1.82) is 0 Å². The lowest BCUT2D eigenvalue weighted by molar-refractivity contribution is 0.0958. The van der Waals surface area contributed by atoms with E-state index in [1.165, 1.54) is 29.7 Å². The van der Waals surface area contributed by atoms with Crippen molar-refractivity contribution in [2.75, 3.05) is 31.3 Å². The van der Waals surface area contributed by atoms with Crippen LogP contribution in [0.15, 0.2) is 0 Å². The highest BCUT2D eigenvalue weighted by atomic mass is 32.1. The van der Waals surface area contributed by atoms with Crippen LogP contribution in [0.1, 0.15) is 47.3 Å². The van der Waals surface area contributed by atoms with Gasteiger partial charge in [0.1, 0.15) is 4.88 Å². The summed E-state index contributed by atoms with van der Waals surface area (Å²) in [6.45, 7) is 2.74. The fourth-order valence-corrected chi connectivity index (χ4v) is 3.18. The Kier molecular flexibility index (Phi) is 3.80. The highest BCUT2D eigenvalue weighted by molar-refractivity contribution is 7.18. The van der Waals surface area contributed by atoms with Crippen LogP contribution in [-0.4, -0.2) is 26.5 Å². The first kappa shape index (κ1) is 13.2. The maximum atomic E-state index is 12.1. The lowest BCUT2D eigenvalue weighted by Gasteiger charge is -2.12. The molecular formula is C13H21N3OS. The first-order chi connectivity index (χ1) is 8.56. The average Bonchev–Trinajstić information content (AvgIpc) is 3.09. The van der Waals surface area contributed by atoms with Gasteiger partial charge in [0.05, 0.1) is 10.7 Å². The Balaban J connectivity index is 2.31. The van der Waals surface area contributed by atoms with E-state index in [4.69, 9.17) is 5.73 Å². The van der Waals surface area contributed by atoms with Crippen LogP contribution in [0.25, 0.3) is 0 Å². The standard InChI is InChI=1S/C13H21N3OS/c1-4-7-15-12(17)11-10(14)9(8-5-6-8)13(18-11)16(2)3/h8H,4-7,14H2,1-3H3,(H,15,17). The van der Waals surface area contributed by atoms with E-state index < -0.39 is 0 Å². The second-order valence-electron chi connectivity index (χ2n) is 4.99. The molecular weight excluding hydrogens is 246 g/mol. The van der Waals surface area contributed by atoms with E-state index in [-0.39, 0.29) is 5.91 Å². The molecule has 0 aromatic carbocycles. The maximum Gasteiger partial charge on any atom is 0.263 e. The van der Waals surface area contributed by atoms with Crippen LogP contribution in [-0.2, 0) is 0 Å². The van der Waals surface area contributed by atoms with Gasteiger partial charge in [-0.25, -0.2) is 0 Å². The van der Waals surface area contributed by atoms with Crippen molar-refractivity contribution in [1.82, 2.24) is 5.32 Å². The number of nitrogens with two attached hydrogens (primary N) is 1. The number of carbonyl (C=O) groups is 1. The maximum absolute atomic E-state index is 12.1. The molecule has 1 aliphatic rings. The fourth-order valence-electron chi connectivity index (χ4n) is 2.03. The molecule has 2 rings (SSSR count). The Labute approximate surface area is 112 Å². The molecule has 1 aliphatic carbocycles. The van der Waals surface area contributed by atoms with Crippen molar-refractivity contribution in [2.24, 2.45) is 0 Å². The van der Waals surface area contributed by atoms with Gasteiger partial charge in [0.15, 0.2) is 0 Å². The molecule has 0 unspecified atom stereocenters. The Bertz CT molecular complexity index is 449. The lowest BCUT2D eigenvalue weighted by atomic mass is 10.1. The quantitative estimate of drug-likeness (QED) is 0.861. The third-order valence-electron chi connectivity index (χ3n) is 3.10. The molecule has 18 heavy (non-hydrogen) atoms. The molecule has 1 aromatic heterocycles. The molecule has 0 atom stereocenters. The molecule has 1 heterocycles. The van der Waals surface area contributed by atoms with Crippen LogP contribution in [0.3, 0.4) is 0 Å². The van der Waals surface area contributed by atoms with Crippen molar-refractivity contribution in [3.05, 3.63) is 10.4 Å². The molecule has 1 aromatic rings. The van der Waals surface area contributed by atoms with Crippen LogP contribution in [0.4, 0.5) is 10.7 Å². The largest absolute Gasteiger partial charge is 0.397 e. The highest BCUT2D eigenvalue weighted by Crippen LogP contribution is 2.51. The monoisotopic (exact) mass is 267 g/mol. The summed E-state index contributed by atoms with van der Waals surface area (Å²) in [6, 6.07) is 0. The highest BCUT2D eigenvalue weighted by Gasteiger charge is 2.33. The van der Waals surface area contributed by atoms with E-state index in [2.05, 4.69) is 10.2 Å². The van der Waals surface area contributed by atoms with Gasteiger partial charge >= 0.3 is 0 Å². The summed E-state index contributed by atoms with van der Waals surface area (Å²) in [4.78, 5) is 14.8. The van der Waals surface area contributed by atoms with Crippen LogP contribution >= 0.6 is 11.3 Å². The number of hydrogen-bond donors (Lipinski definition) is 2. The second kappa shape index (κ2) is 5.18. The Morgan fingerprint density at radius 2 is 2.17 bits per heavy atom. The molecule has 1 amide bonds. The summed E-state index contributed by atoms with van der Waals surface area (Å²) in [5, 5.41) is 4.04. The Morgan fingerprint density at radius 3 is 2.67 bits per heavy atom. The number of nitrogens with one attached hydrogen (secondary N) is 1. The van der Waals surface area contributed by atoms with Crippen molar-refractivity contribution < 1.29 is 4.79 Å². The van der Waals surface area contributed by atoms with Gasteiger partial charge in [0, 0.05) is 26.2 Å². The SMILES string of the molecule is CCCNC(=O)c1sc(N(C)C)c(C2CC2)c1N. The molecule has 0 radical (unpaired) electrons. The topological polar surface area (TPSA) is 58.4 Å². The number of rotatable bonds is 5. The van der Waals surface area contributed by atoms with E-state index in [1.807, 2.05) is 21.0 Å². The molecule has 1 fully saturated rings.